The summed E-state index contributed by atoms with van der Waals surface area (Å²) in [7, 11) is 0. The Bertz CT molecular complexity index is 605. The van der Waals surface area contributed by atoms with Gasteiger partial charge in [-0.2, -0.15) is 0 Å². The smallest absolute Gasteiger partial charge is 0.178 e. The highest BCUT2D eigenvalue weighted by molar-refractivity contribution is 7.71. The Balaban J connectivity index is 1.79. The molecule has 0 bridgehead atoms. The predicted molar refractivity (Wildman–Crippen MR) is 80.7 cm³/mol. The Labute approximate surface area is 119 Å². The van der Waals surface area contributed by atoms with Crippen LogP contribution in [0.25, 0.3) is 11.0 Å². The van der Waals surface area contributed by atoms with Gasteiger partial charge in [-0.1, -0.05) is 26.2 Å². The molecular weight excluding hydrogens is 254 g/mol. The van der Waals surface area contributed by atoms with Crippen molar-refractivity contribution in [3.05, 3.63) is 23.2 Å². The maximum Gasteiger partial charge on any atom is 0.178 e. The van der Waals surface area contributed by atoms with Gasteiger partial charge in [-0.05, 0) is 43.0 Å². The van der Waals surface area contributed by atoms with E-state index in [4.69, 9.17) is 12.2 Å². The quantitative estimate of drug-likeness (QED) is 0.847. The third kappa shape index (κ3) is 2.59. The lowest BCUT2D eigenvalue weighted by molar-refractivity contribution is 0.248. The third-order valence-corrected chi connectivity index (χ3v) is 4.88. The first-order valence-corrected chi connectivity index (χ1v) is 7.71. The van der Waals surface area contributed by atoms with E-state index in [0.717, 1.165) is 28.7 Å². The van der Waals surface area contributed by atoms with E-state index < -0.39 is 0 Å². The minimum absolute atomic E-state index is 0.779. The normalized spacial score (nSPS) is 23.8. The van der Waals surface area contributed by atoms with E-state index in [1.807, 2.05) is 12.4 Å². The monoisotopic (exact) mass is 275 g/mol. The molecule has 0 saturated heterocycles. The Morgan fingerprint density at radius 1 is 1.32 bits per heavy atom. The van der Waals surface area contributed by atoms with Crippen molar-refractivity contribution >= 4 is 23.3 Å². The maximum absolute atomic E-state index is 5.45. The largest absolute Gasteiger partial charge is 0.329 e. The van der Waals surface area contributed by atoms with Crippen molar-refractivity contribution in [2.75, 3.05) is 0 Å². The summed E-state index contributed by atoms with van der Waals surface area (Å²) < 4.78 is 3.09. The molecule has 0 atom stereocenters. The zero-order chi connectivity index (χ0) is 13.2. The first-order chi connectivity index (χ1) is 9.28. The van der Waals surface area contributed by atoms with Crippen LogP contribution in [0.5, 0.6) is 0 Å². The predicted octanol–water partition coefficient (Wildman–Crippen LogP) is 4.31. The van der Waals surface area contributed by atoms with Gasteiger partial charge in [-0.25, -0.2) is 0 Å². The van der Waals surface area contributed by atoms with Crippen molar-refractivity contribution in [1.82, 2.24) is 14.5 Å². The molecule has 2 aromatic heterocycles. The molecular formula is C15H21N3S. The topological polar surface area (TPSA) is 33.6 Å². The summed E-state index contributed by atoms with van der Waals surface area (Å²) in [6.07, 6.45) is 10.5. The fraction of sp³-hybridized carbons (Fsp3) is 0.600. The van der Waals surface area contributed by atoms with Crippen LogP contribution in [0.15, 0.2) is 18.5 Å². The van der Waals surface area contributed by atoms with Crippen molar-refractivity contribution in [1.29, 1.82) is 0 Å². The second-order valence-corrected chi connectivity index (χ2v) is 6.12. The zero-order valence-electron chi connectivity index (χ0n) is 11.4. The summed E-state index contributed by atoms with van der Waals surface area (Å²) in [5.74, 6) is 1.73. The number of nitrogens with one attached hydrogen (secondary N) is 1. The van der Waals surface area contributed by atoms with Gasteiger partial charge in [-0.3, -0.25) is 4.98 Å². The molecule has 1 N–H and O–H groups in total. The highest BCUT2D eigenvalue weighted by Crippen LogP contribution is 2.32. The summed E-state index contributed by atoms with van der Waals surface area (Å²) in [5, 5.41) is 0. The fourth-order valence-corrected chi connectivity index (χ4v) is 3.56. The highest BCUT2D eigenvalue weighted by Gasteiger charge is 2.21. The van der Waals surface area contributed by atoms with Gasteiger partial charge in [0.1, 0.15) is 0 Å². The molecule has 0 spiro atoms. The van der Waals surface area contributed by atoms with Gasteiger partial charge in [0.2, 0.25) is 0 Å². The number of aromatic amines is 1. The summed E-state index contributed by atoms with van der Waals surface area (Å²) in [6, 6.07) is 2.05. The number of pyridine rings is 1. The van der Waals surface area contributed by atoms with Crippen LogP contribution >= 0.6 is 12.2 Å². The van der Waals surface area contributed by atoms with Gasteiger partial charge >= 0.3 is 0 Å². The number of imidazole rings is 1. The molecule has 0 aliphatic heterocycles. The van der Waals surface area contributed by atoms with Crippen molar-refractivity contribution in [3.8, 4) is 0 Å². The molecule has 1 saturated carbocycles. The molecule has 4 heteroatoms. The molecule has 0 aromatic carbocycles. The molecule has 0 unspecified atom stereocenters. The second-order valence-electron chi connectivity index (χ2n) is 5.73. The molecule has 2 aromatic rings. The van der Waals surface area contributed by atoms with Gasteiger partial charge in [0.15, 0.2) is 4.77 Å². The third-order valence-electron chi connectivity index (χ3n) is 4.56. The lowest BCUT2D eigenvalue weighted by Crippen LogP contribution is -2.18. The van der Waals surface area contributed by atoms with Crippen LogP contribution in [0.1, 0.15) is 39.0 Å². The van der Waals surface area contributed by atoms with Crippen molar-refractivity contribution < 1.29 is 0 Å². The first-order valence-electron chi connectivity index (χ1n) is 7.30. The molecule has 3 rings (SSSR count). The van der Waals surface area contributed by atoms with Crippen LogP contribution in [-0.4, -0.2) is 14.5 Å². The van der Waals surface area contributed by atoms with Gasteiger partial charge in [0.05, 0.1) is 17.2 Å². The summed E-state index contributed by atoms with van der Waals surface area (Å²) in [5.41, 5.74) is 2.24. The van der Waals surface area contributed by atoms with Gasteiger partial charge < -0.3 is 9.55 Å². The molecule has 0 radical (unpaired) electrons. The standard InChI is InChI=1S/C15H21N3S/c1-2-11-3-5-12(6-4-11)10-18-14-7-8-16-9-13(14)17-15(18)19/h7-9,11-12H,2-6,10H2,1H3,(H,17,19). The lowest BCUT2D eigenvalue weighted by Gasteiger charge is -2.28. The van der Waals surface area contributed by atoms with Gasteiger partial charge in [0, 0.05) is 12.7 Å². The number of fused-ring (bicyclic) bond motifs is 1. The molecule has 1 fully saturated rings. The van der Waals surface area contributed by atoms with E-state index >= 15 is 0 Å². The highest BCUT2D eigenvalue weighted by atomic mass is 32.1. The van der Waals surface area contributed by atoms with Crippen molar-refractivity contribution in [3.63, 3.8) is 0 Å². The molecule has 1 aliphatic rings. The van der Waals surface area contributed by atoms with Crippen LogP contribution in [0.3, 0.4) is 0 Å². The molecule has 19 heavy (non-hydrogen) atoms. The molecule has 0 amide bonds. The van der Waals surface area contributed by atoms with Crippen LogP contribution in [0, 0.1) is 16.6 Å². The van der Waals surface area contributed by atoms with E-state index in [0.29, 0.717) is 0 Å². The fourth-order valence-electron chi connectivity index (χ4n) is 3.27. The average Bonchev–Trinajstić information content (AvgIpc) is 2.76. The molecule has 1 aliphatic carbocycles. The maximum atomic E-state index is 5.45. The summed E-state index contributed by atoms with van der Waals surface area (Å²) in [4.78, 5) is 7.40. The Kier molecular flexibility index (Phi) is 3.69. The van der Waals surface area contributed by atoms with Gasteiger partial charge in [0.25, 0.3) is 0 Å². The molecule has 3 nitrogen and oxygen atoms in total. The summed E-state index contributed by atoms with van der Waals surface area (Å²) >= 11 is 5.45. The van der Waals surface area contributed by atoms with Gasteiger partial charge in [-0.15, -0.1) is 0 Å². The number of hydrogen-bond donors (Lipinski definition) is 1. The number of rotatable bonds is 3. The molecule has 2 heterocycles. The first kappa shape index (κ1) is 12.9. The van der Waals surface area contributed by atoms with E-state index in [1.54, 1.807) is 0 Å². The molecule has 102 valence electrons. The van der Waals surface area contributed by atoms with Crippen molar-refractivity contribution in [2.45, 2.75) is 45.6 Å². The summed E-state index contributed by atoms with van der Waals surface area (Å²) in [6.45, 7) is 3.37. The second kappa shape index (κ2) is 5.45. The van der Waals surface area contributed by atoms with E-state index in [9.17, 15) is 0 Å². The SMILES string of the molecule is CCC1CCC(Cn2c(=S)[nH]c3cnccc32)CC1. The Morgan fingerprint density at radius 3 is 2.79 bits per heavy atom. The van der Waals surface area contributed by atoms with E-state index in [2.05, 4.69) is 27.5 Å². The minimum Gasteiger partial charge on any atom is -0.329 e. The van der Waals surface area contributed by atoms with E-state index in [-0.39, 0.29) is 0 Å². The van der Waals surface area contributed by atoms with Crippen LogP contribution in [0.2, 0.25) is 0 Å². The number of nitrogens with zero attached hydrogens (tertiary/aromatic N) is 2. The van der Waals surface area contributed by atoms with Crippen LogP contribution < -0.4 is 0 Å². The number of aromatic nitrogens is 3. The zero-order valence-corrected chi connectivity index (χ0v) is 12.2. The van der Waals surface area contributed by atoms with Crippen LogP contribution in [0.4, 0.5) is 0 Å². The van der Waals surface area contributed by atoms with Crippen molar-refractivity contribution in [2.24, 2.45) is 11.8 Å². The van der Waals surface area contributed by atoms with E-state index in [1.165, 1.54) is 37.6 Å². The minimum atomic E-state index is 0.779. The Morgan fingerprint density at radius 2 is 2.05 bits per heavy atom. The number of H-pyrrole nitrogens is 1. The number of hydrogen-bond acceptors (Lipinski definition) is 2. The van der Waals surface area contributed by atoms with Crippen LogP contribution in [-0.2, 0) is 6.54 Å². The average molecular weight is 275 g/mol. The lowest BCUT2D eigenvalue weighted by atomic mass is 9.81. The Hall–Kier alpha value is -1.16.